The highest BCUT2D eigenvalue weighted by atomic mass is 14.9. The van der Waals surface area contributed by atoms with Gasteiger partial charge in [0.05, 0.1) is 5.52 Å². The van der Waals surface area contributed by atoms with Crippen LogP contribution in [0.1, 0.15) is 0 Å². The number of hydrogen-bond acceptors (Lipinski definition) is 2. The fourth-order valence-electron chi connectivity index (χ4n) is 1.62. The molecular weight excluding hydrogens is 186 g/mol. The van der Waals surface area contributed by atoms with E-state index in [2.05, 4.69) is 27.1 Å². The van der Waals surface area contributed by atoms with Crippen molar-refractivity contribution in [3.8, 4) is 11.4 Å². The van der Waals surface area contributed by atoms with Crippen LogP contribution in [0, 0.1) is 0 Å². The van der Waals surface area contributed by atoms with Gasteiger partial charge in [-0.15, -0.1) is 0 Å². The summed E-state index contributed by atoms with van der Waals surface area (Å²) in [6.45, 7) is 0. The van der Waals surface area contributed by atoms with Crippen LogP contribution in [0.15, 0.2) is 48.9 Å². The molecule has 0 aliphatic heterocycles. The molecule has 0 amide bonds. The van der Waals surface area contributed by atoms with E-state index < -0.39 is 0 Å². The Morgan fingerprint density at radius 1 is 1.07 bits per heavy atom. The van der Waals surface area contributed by atoms with Crippen molar-refractivity contribution in [2.75, 3.05) is 0 Å². The first kappa shape index (κ1) is 8.17. The Labute approximate surface area is 86.8 Å². The molecule has 2 heterocycles. The van der Waals surface area contributed by atoms with Crippen LogP contribution in [0.3, 0.4) is 0 Å². The molecule has 0 fully saturated rings. The topological polar surface area (TPSA) is 41.6 Å². The number of H-pyrrole nitrogens is 1. The summed E-state index contributed by atoms with van der Waals surface area (Å²) in [7, 11) is 0. The van der Waals surface area contributed by atoms with Gasteiger partial charge in [-0.3, -0.25) is 4.98 Å². The number of aromatic nitrogens is 3. The van der Waals surface area contributed by atoms with Crippen molar-refractivity contribution in [2.24, 2.45) is 0 Å². The van der Waals surface area contributed by atoms with Crippen LogP contribution in [0.25, 0.3) is 22.3 Å². The molecule has 0 spiro atoms. The van der Waals surface area contributed by atoms with Crippen molar-refractivity contribution in [2.45, 2.75) is 0 Å². The van der Waals surface area contributed by atoms with Crippen LogP contribution in [0.2, 0.25) is 0 Å². The van der Waals surface area contributed by atoms with Gasteiger partial charge >= 0.3 is 0 Å². The van der Waals surface area contributed by atoms with E-state index in [4.69, 9.17) is 0 Å². The zero-order chi connectivity index (χ0) is 10.1. The Balaban J connectivity index is 2.22. The molecule has 0 aliphatic carbocycles. The van der Waals surface area contributed by atoms with E-state index in [-0.39, 0.29) is 0 Å². The number of fused-ring (bicyclic) bond motifs is 1. The summed E-state index contributed by atoms with van der Waals surface area (Å²) >= 11 is 0. The fraction of sp³-hybridized carbons (Fsp3) is 0. The number of para-hydroxylation sites is 1. The molecule has 0 saturated heterocycles. The minimum Gasteiger partial charge on any atom is -0.345 e. The van der Waals surface area contributed by atoms with E-state index in [1.807, 2.05) is 30.6 Å². The Kier molecular flexibility index (Phi) is 1.75. The van der Waals surface area contributed by atoms with Crippen molar-refractivity contribution in [1.29, 1.82) is 0 Å². The first-order chi connectivity index (χ1) is 7.43. The van der Waals surface area contributed by atoms with Crippen LogP contribution >= 0.6 is 0 Å². The van der Waals surface area contributed by atoms with E-state index in [0.29, 0.717) is 0 Å². The lowest BCUT2D eigenvalue weighted by Crippen LogP contribution is -1.84. The molecule has 3 aromatic rings. The highest BCUT2D eigenvalue weighted by Gasteiger charge is 2.01. The molecule has 3 rings (SSSR count). The van der Waals surface area contributed by atoms with Crippen molar-refractivity contribution >= 4 is 10.9 Å². The number of pyridine rings is 1. The Bertz CT molecular complexity index is 585. The molecule has 15 heavy (non-hydrogen) atoms. The molecular formula is C12H9N3. The number of hydrogen-bond donors (Lipinski definition) is 1. The van der Waals surface area contributed by atoms with Gasteiger partial charge in [0.2, 0.25) is 0 Å². The summed E-state index contributed by atoms with van der Waals surface area (Å²) in [5.41, 5.74) is 2.02. The van der Waals surface area contributed by atoms with Gasteiger partial charge in [-0.25, -0.2) is 4.98 Å². The summed E-state index contributed by atoms with van der Waals surface area (Å²) in [6, 6.07) is 10.1. The van der Waals surface area contributed by atoms with Gasteiger partial charge in [-0.1, -0.05) is 18.2 Å². The minimum atomic E-state index is 0.855. The maximum absolute atomic E-state index is 4.38. The molecule has 0 bridgehead atoms. The lowest BCUT2D eigenvalue weighted by Gasteiger charge is -1.99. The lowest BCUT2D eigenvalue weighted by molar-refractivity contribution is 1.29. The van der Waals surface area contributed by atoms with Gasteiger partial charge in [0.25, 0.3) is 0 Å². The van der Waals surface area contributed by atoms with Gasteiger partial charge in [0.1, 0.15) is 5.82 Å². The summed E-state index contributed by atoms with van der Waals surface area (Å²) in [5, 5.41) is 1.13. The lowest BCUT2D eigenvalue weighted by atomic mass is 10.1. The number of nitrogens with zero attached hydrogens (tertiary/aromatic N) is 2. The van der Waals surface area contributed by atoms with Gasteiger partial charge in [0.15, 0.2) is 0 Å². The van der Waals surface area contributed by atoms with Crippen LogP contribution in [0.5, 0.6) is 0 Å². The zero-order valence-corrected chi connectivity index (χ0v) is 8.01. The van der Waals surface area contributed by atoms with Gasteiger partial charge < -0.3 is 4.98 Å². The predicted octanol–water partition coefficient (Wildman–Crippen LogP) is 2.62. The number of nitrogens with one attached hydrogen (secondary N) is 1. The van der Waals surface area contributed by atoms with Gasteiger partial charge in [-0.05, 0) is 12.1 Å². The minimum absolute atomic E-state index is 0.855. The van der Waals surface area contributed by atoms with Crippen molar-refractivity contribution < 1.29 is 0 Å². The Hall–Kier alpha value is -2.16. The molecule has 3 heteroatoms. The molecule has 0 saturated carbocycles. The van der Waals surface area contributed by atoms with E-state index in [1.54, 1.807) is 6.20 Å². The van der Waals surface area contributed by atoms with Crippen LogP contribution < -0.4 is 0 Å². The van der Waals surface area contributed by atoms with Crippen molar-refractivity contribution in [3.63, 3.8) is 0 Å². The summed E-state index contributed by atoms with van der Waals surface area (Å²) in [6.07, 6.45) is 5.39. The molecule has 72 valence electrons. The van der Waals surface area contributed by atoms with Crippen LogP contribution in [-0.2, 0) is 0 Å². The van der Waals surface area contributed by atoms with Crippen LogP contribution in [0.4, 0.5) is 0 Å². The third-order valence-corrected chi connectivity index (χ3v) is 2.36. The summed E-state index contributed by atoms with van der Waals surface area (Å²) in [5.74, 6) is 0.855. The van der Waals surface area contributed by atoms with Crippen molar-refractivity contribution in [1.82, 2.24) is 15.0 Å². The number of rotatable bonds is 1. The highest BCUT2D eigenvalue weighted by molar-refractivity contribution is 5.82. The third kappa shape index (κ3) is 1.38. The number of benzene rings is 1. The normalized spacial score (nSPS) is 10.7. The standard InChI is InChI=1S/C12H9N3/c1-2-4-11-9(3-1)7-10(8-15-11)12-13-5-6-14-12/h1-8H,(H,13,14). The molecule has 1 N–H and O–H groups in total. The SMILES string of the molecule is c1ccc2ncc(-c3ncc[nH]3)cc2c1. The molecule has 2 aromatic heterocycles. The smallest absolute Gasteiger partial charge is 0.138 e. The Morgan fingerprint density at radius 2 is 2.00 bits per heavy atom. The molecule has 0 aliphatic rings. The monoisotopic (exact) mass is 195 g/mol. The molecule has 1 aromatic carbocycles. The quantitative estimate of drug-likeness (QED) is 0.648. The first-order valence-corrected chi connectivity index (χ1v) is 4.78. The molecule has 0 unspecified atom stereocenters. The second-order valence-corrected chi connectivity index (χ2v) is 3.35. The first-order valence-electron chi connectivity index (χ1n) is 4.78. The highest BCUT2D eigenvalue weighted by Crippen LogP contribution is 2.18. The van der Waals surface area contributed by atoms with E-state index in [9.17, 15) is 0 Å². The molecule has 0 radical (unpaired) electrons. The van der Waals surface area contributed by atoms with E-state index in [0.717, 1.165) is 22.3 Å². The fourth-order valence-corrected chi connectivity index (χ4v) is 1.62. The van der Waals surface area contributed by atoms with Crippen LogP contribution in [-0.4, -0.2) is 15.0 Å². The van der Waals surface area contributed by atoms with Crippen molar-refractivity contribution in [3.05, 3.63) is 48.9 Å². The number of imidazole rings is 1. The average Bonchev–Trinajstić information content (AvgIpc) is 2.82. The Morgan fingerprint density at radius 3 is 2.87 bits per heavy atom. The third-order valence-electron chi connectivity index (χ3n) is 2.36. The maximum Gasteiger partial charge on any atom is 0.138 e. The maximum atomic E-state index is 4.38. The molecule has 3 nitrogen and oxygen atoms in total. The predicted molar refractivity (Wildman–Crippen MR) is 59.3 cm³/mol. The summed E-state index contributed by atoms with van der Waals surface area (Å²) < 4.78 is 0. The average molecular weight is 195 g/mol. The second-order valence-electron chi connectivity index (χ2n) is 3.35. The number of aromatic amines is 1. The van der Waals surface area contributed by atoms with E-state index >= 15 is 0 Å². The second kappa shape index (κ2) is 3.20. The largest absolute Gasteiger partial charge is 0.345 e. The van der Waals surface area contributed by atoms with E-state index in [1.165, 1.54) is 0 Å². The van der Waals surface area contributed by atoms with Gasteiger partial charge in [-0.2, -0.15) is 0 Å². The van der Waals surface area contributed by atoms with Gasteiger partial charge in [0, 0.05) is 29.5 Å². The molecule has 0 atom stereocenters. The zero-order valence-electron chi connectivity index (χ0n) is 8.01. The summed E-state index contributed by atoms with van der Waals surface area (Å²) in [4.78, 5) is 11.6.